The number of carbonyl (C=O) groups is 1. The van der Waals surface area contributed by atoms with Gasteiger partial charge in [-0.2, -0.15) is 0 Å². The molecule has 5 nitrogen and oxygen atoms in total. The van der Waals surface area contributed by atoms with Crippen molar-refractivity contribution in [3.8, 4) is 0 Å². The number of rotatable bonds is 7. The Morgan fingerprint density at radius 2 is 2.06 bits per heavy atom. The van der Waals surface area contributed by atoms with Gasteiger partial charge in [-0.25, -0.2) is 0 Å². The number of hydrogen-bond donors (Lipinski definition) is 1. The summed E-state index contributed by atoms with van der Waals surface area (Å²) in [4.78, 5) is 14.0. The zero-order valence-corrected chi connectivity index (χ0v) is 11.8. The molecule has 0 amide bonds. The molecule has 0 aliphatic carbocycles. The quantitative estimate of drug-likeness (QED) is 0.679. The van der Waals surface area contributed by atoms with Crippen LogP contribution in [0.1, 0.15) is 27.2 Å². The first-order chi connectivity index (χ1) is 8.67. The predicted octanol–water partition coefficient (Wildman–Crippen LogP) is 0.638. The number of morpholine rings is 1. The van der Waals surface area contributed by atoms with Crippen molar-refractivity contribution in [2.75, 3.05) is 39.5 Å². The Balaban J connectivity index is 2.31. The van der Waals surface area contributed by atoms with Crippen LogP contribution in [0.5, 0.6) is 0 Å². The molecule has 0 saturated carbocycles. The van der Waals surface area contributed by atoms with Crippen LogP contribution < -0.4 is 5.32 Å². The van der Waals surface area contributed by atoms with Crippen LogP contribution >= 0.6 is 0 Å². The van der Waals surface area contributed by atoms with Gasteiger partial charge in [0.25, 0.3) is 0 Å². The maximum atomic E-state index is 11.7. The molecule has 106 valence electrons. The molecule has 1 heterocycles. The van der Waals surface area contributed by atoms with Crippen LogP contribution in [0.2, 0.25) is 0 Å². The second-order valence-corrected chi connectivity index (χ2v) is 4.69. The zero-order valence-electron chi connectivity index (χ0n) is 11.8. The van der Waals surface area contributed by atoms with Gasteiger partial charge in [-0.3, -0.25) is 9.69 Å². The van der Waals surface area contributed by atoms with Gasteiger partial charge in [-0.05, 0) is 20.3 Å². The fraction of sp³-hybridized carbons (Fsp3) is 0.923. The van der Waals surface area contributed by atoms with Gasteiger partial charge in [-0.1, -0.05) is 6.92 Å². The Labute approximate surface area is 110 Å². The van der Waals surface area contributed by atoms with E-state index in [0.717, 1.165) is 39.3 Å². The Hall–Kier alpha value is -0.650. The highest BCUT2D eigenvalue weighted by Gasteiger charge is 2.21. The first-order valence-corrected chi connectivity index (χ1v) is 6.90. The number of nitrogens with one attached hydrogen (secondary N) is 1. The van der Waals surface area contributed by atoms with Crippen LogP contribution in [0.25, 0.3) is 0 Å². The minimum atomic E-state index is -0.194. The third-order valence-electron chi connectivity index (χ3n) is 3.10. The van der Waals surface area contributed by atoms with Gasteiger partial charge >= 0.3 is 5.97 Å². The Kier molecular flexibility index (Phi) is 7.23. The lowest BCUT2D eigenvalue weighted by Crippen LogP contribution is -2.49. The molecule has 0 aromatic carbocycles. The van der Waals surface area contributed by atoms with E-state index in [1.807, 2.05) is 13.8 Å². The van der Waals surface area contributed by atoms with E-state index in [4.69, 9.17) is 9.47 Å². The van der Waals surface area contributed by atoms with Crippen LogP contribution in [0.15, 0.2) is 0 Å². The molecular weight excluding hydrogens is 232 g/mol. The fourth-order valence-electron chi connectivity index (χ4n) is 2.16. The monoisotopic (exact) mass is 258 g/mol. The molecule has 1 rings (SSSR count). The first-order valence-electron chi connectivity index (χ1n) is 6.90. The number of nitrogens with zero attached hydrogens (tertiary/aromatic N) is 1. The summed E-state index contributed by atoms with van der Waals surface area (Å²) in [5.41, 5.74) is 0. The molecule has 0 bridgehead atoms. The van der Waals surface area contributed by atoms with E-state index in [1.165, 1.54) is 0 Å². The van der Waals surface area contributed by atoms with Crippen LogP contribution in [-0.4, -0.2) is 62.4 Å². The molecule has 0 radical (unpaired) electrons. The average molecular weight is 258 g/mol. The zero-order chi connectivity index (χ0) is 13.4. The van der Waals surface area contributed by atoms with Gasteiger partial charge < -0.3 is 14.8 Å². The number of esters is 1. The summed E-state index contributed by atoms with van der Waals surface area (Å²) < 4.78 is 10.4. The van der Waals surface area contributed by atoms with Gasteiger partial charge in [-0.15, -0.1) is 0 Å². The summed E-state index contributed by atoms with van der Waals surface area (Å²) in [7, 11) is 0. The molecule has 1 fully saturated rings. The molecular formula is C13H26N2O3. The second kappa shape index (κ2) is 8.45. The fourth-order valence-corrected chi connectivity index (χ4v) is 2.16. The number of carbonyl (C=O) groups excluding carboxylic acids is 1. The molecule has 18 heavy (non-hydrogen) atoms. The molecule has 1 aliphatic heterocycles. The molecule has 1 N–H and O–H groups in total. The van der Waals surface area contributed by atoms with Crippen molar-refractivity contribution in [3.05, 3.63) is 0 Å². The molecule has 0 spiro atoms. The SMILES string of the molecule is CCOC(=O)C(CC)NC(C)CN1CCOCC1. The van der Waals surface area contributed by atoms with Gasteiger partial charge in [0.15, 0.2) is 0 Å². The van der Waals surface area contributed by atoms with E-state index < -0.39 is 0 Å². The van der Waals surface area contributed by atoms with E-state index in [-0.39, 0.29) is 18.1 Å². The molecule has 5 heteroatoms. The van der Waals surface area contributed by atoms with Crippen molar-refractivity contribution < 1.29 is 14.3 Å². The second-order valence-electron chi connectivity index (χ2n) is 4.69. The van der Waals surface area contributed by atoms with Gasteiger partial charge in [0.1, 0.15) is 6.04 Å². The highest BCUT2D eigenvalue weighted by Crippen LogP contribution is 2.02. The smallest absolute Gasteiger partial charge is 0.323 e. The van der Waals surface area contributed by atoms with Crippen molar-refractivity contribution >= 4 is 5.97 Å². The van der Waals surface area contributed by atoms with E-state index in [0.29, 0.717) is 6.61 Å². The Morgan fingerprint density at radius 1 is 1.39 bits per heavy atom. The third kappa shape index (κ3) is 5.33. The summed E-state index contributed by atoms with van der Waals surface area (Å²) in [5, 5.41) is 3.34. The van der Waals surface area contributed by atoms with Crippen molar-refractivity contribution in [1.29, 1.82) is 0 Å². The normalized spacial score (nSPS) is 20.4. The molecule has 0 aromatic rings. The Morgan fingerprint density at radius 3 is 2.61 bits per heavy atom. The van der Waals surface area contributed by atoms with Gasteiger partial charge in [0.2, 0.25) is 0 Å². The topological polar surface area (TPSA) is 50.8 Å². The minimum absolute atomic E-state index is 0.145. The lowest BCUT2D eigenvalue weighted by molar-refractivity contribution is -0.146. The van der Waals surface area contributed by atoms with E-state index >= 15 is 0 Å². The Bertz CT molecular complexity index is 242. The summed E-state index contributed by atoms with van der Waals surface area (Å²) in [6, 6.07) is 0.0819. The van der Waals surface area contributed by atoms with Crippen molar-refractivity contribution in [1.82, 2.24) is 10.2 Å². The standard InChI is InChI=1S/C13H26N2O3/c1-4-12(13(16)18-5-2)14-11(3)10-15-6-8-17-9-7-15/h11-12,14H,4-10H2,1-3H3. The van der Waals surface area contributed by atoms with Crippen LogP contribution in [0, 0.1) is 0 Å². The van der Waals surface area contributed by atoms with E-state index in [2.05, 4.69) is 17.1 Å². The first kappa shape index (κ1) is 15.4. The summed E-state index contributed by atoms with van der Waals surface area (Å²) >= 11 is 0. The van der Waals surface area contributed by atoms with Crippen molar-refractivity contribution in [3.63, 3.8) is 0 Å². The average Bonchev–Trinajstić information content (AvgIpc) is 2.37. The molecule has 2 atom stereocenters. The molecule has 2 unspecified atom stereocenters. The largest absolute Gasteiger partial charge is 0.465 e. The minimum Gasteiger partial charge on any atom is -0.465 e. The third-order valence-corrected chi connectivity index (χ3v) is 3.10. The van der Waals surface area contributed by atoms with Crippen LogP contribution in [0.3, 0.4) is 0 Å². The van der Waals surface area contributed by atoms with Crippen LogP contribution in [-0.2, 0) is 14.3 Å². The van der Waals surface area contributed by atoms with Crippen molar-refractivity contribution in [2.24, 2.45) is 0 Å². The highest BCUT2D eigenvalue weighted by molar-refractivity contribution is 5.75. The molecule has 1 aliphatic rings. The highest BCUT2D eigenvalue weighted by atomic mass is 16.5. The van der Waals surface area contributed by atoms with Crippen LogP contribution in [0.4, 0.5) is 0 Å². The maximum Gasteiger partial charge on any atom is 0.323 e. The van der Waals surface area contributed by atoms with Gasteiger partial charge in [0.05, 0.1) is 19.8 Å². The lowest BCUT2D eigenvalue weighted by atomic mass is 10.2. The number of hydrogen-bond acceptors (Lipinski definition) is 5. The molecule has 0 aromatic heterocycles. The molecule has 1 saturated heterocycles. The summed E-state index contributed by atoms with van der Waals surface area (Å²) in [5.74, 6) is -0.145. The van der Waals surface area contributed by atoms with E-state index in [9.17, 15) is 4.79 Å². The summed E-state index contributed by atoms with van der Waals surface area (Å²) in [6.45, 7) is 10.9. The predicted molar refractivity (Wildman–Crippen MR) is 70.6 cm³/mol. The lowest BCUT2D eigenvalue weighted by Gasteiger charge is -2.30. The van der Waals surface area contributed by atoms with Gasteiger partial charge in [0, 0.05) is 25.7 Å². The number of ether oxygens (including phenoxy) is 2. The maximum absolute atomic E-state index is 11.7. The summed E-state index contributed by atoms with van der Waals surface area (Å²) in [6.07, 6.45) is 0.756. The van der Waals surface area contributed by atoms with Crippen molar-refractivity contribution in [2.45, 2.75) is 39.3 Å². The van der Waals surface area contributed by atoms with E-state index in [1.54, 1.807) is 0 Å².